The Kier molecular flexibility index (Phi) is 7.62. The predicted molar refractivity (Wildman–Crippen MR) is 29.5 cm³/mol. The second kappa shape index (κ2) is 6.34. The van der Waals surface area contributed by atoms with Crippen LogP contribution in [0.15, 0.2) is 18.3 Å². The Morgan fingerprint density at radius 2 is 2.00 bits per heavy atom. The second-order valence-corrected chi connectivity index (χ2v) is 1.78. The van der Waals surface area contributed by atoms with E-state index in [9.17, 15) is 4.39 Å². The molecule has 2 nitrogen and oxygen atoms in total. The van der Waals surface area contributed by atoms with Gasteiger partial charge in [-0.25, -0.2) is 9.37 Å². The number of aromatic amines is 1. The summed E-state index contributed by atoms with van der Waals surface area (Å²) < 4.78 is 12.2. The number of hydrogen-bond donors (Lipinski definition) is 1. The van der Waals surface area contributed by atoms with E-state index in [0.717, 1.165) is 5.69 Å². The Morgan fingerprint density at radius 3 is 2.36 bits per heavy atom. The molecule has 0 radical (unpaired) electrons. The van der Waals surface area contributed by atoms with Gasteiger partial charge in [0, 0.05) is 6.07 Å². The molecule has 0 fully saturated rings. The second-order valence-electron chi connectivity index (χ2n) is 1.78. The first-order chi connectivity index (χ1) is 4.33. The number of aromatic nitrogens is 1. The molecular formula is C6H9Cl2FN2. The molecule has 5 heteroatoms. The molecule has 11 heavy (non-hydrogen) atoms. The van der Waals surface area contributed by atoms with Crippen LogP contribution in [-0.2, 0) is 6.54 Å². The van der Waals surface area contributed by atoms with Crippen LogP contribution >= 0.6 is 0 Å². The normalized spacial score (nSPS) is 7.82. The molecule has 0 aliphatic heterocycles. The van der Waals surface area contributed by atoms with E-state index in [0.29, 0.717) is 6.54 Å². The van der Waals surface area contributed by atoms with E-state index < -0.39 is 0 Å². The molecule has 0 aliphatic rings. The van der Waals surface area contributed by atoms with E-state index in [-0.39, 0.29) is 30.6 Å². The highest BCUT2D eigenvalue weighted by Gasteiger charge is 1.98. The molecule has 0 saturated carbocycles. The maximum absolute atomic E-state index is 12.2. The fourth-order valence-corrected chi connectivity index (χ4v) is 0.594. The molecule has 0 unspecified atom stereocenters. The monoisotopic (exact) mass is 198 g/mol. The smallest absolute Gasteiger partial charge is 0.234 e. The van der Waals surface area contributed by atoms with Gasteiger partial charge in [0.2, 0.25) is 11.9 Å². The van der Waals surface area contributed by atoms with Gasteiger partial charge in [-0.3, -0.25) is 0 Å². The summed E-state index contributed by atoms with van der Waals surface area (Å²) in [4.78, 5) is 2.75. The highest BCUT2D eigenvalue weighted by atomic mass is 35.5. The fraction of sp³-hybridized carbons (Fsp3) is 0.167. The summed E-state index contributed by atoms with van der Waals surface area (Å²) in [5.74, 6) is -0.243. The van der Waals surface area contributed by atoms with Crippen molar-refractivity contribution in [3.63, 3.8) is 0 Å². The van der Waals surface area contributed by atoms with Gasteiger partial charge in [0.15, 0.2) is 12.4 Å². The lowest BCUT2D eigenvalue weighted by Gasteiger charge is -1.82. The zero-order chi connectivity index (χ0) is 6.69. The lowest BCUT2D eigenvalue weighted by molar-refractivity contribution is -0.458. The third-order valence-corrected chi connectivity index (χ3v) is 1.11. The Morgan fingerprint density at radius 1 is 1.36 bits per heavy atom. The molecule has 1 rings (SSSR count). The van der Waals surface area contributed by atoms with Crippen molar-refractivity contribution in [2.75, 3.05) is 0 Å². The first-order valence-corrected chi connectivity index (χ1v) is 2.78. The highest BCUT2D eigenvalue weighted by molar-refractivity contribution is 4.96. The number of pyridine rings is 1. The van der Waals surface area contributed by atoms with Gasteiger partial charge in [-0.05, 0) is 6.07 Å². The number of halogens is 3. The van der Waals surface area contributed by atoms with Gasteiger partial charge in [0.05, 0.1) is 0 Å². The molecule has 4 N–H and O–H groups in total. The number of rotatable bonds is 1. The van der Waals surface area contributed by atoms with Crippen molar-refractivity contribution in [2.24, 2.45) is 0 Å². The molecule has 64 valence electrons. The molecular weight excluding hydrogens is 190 g/mol. The molecule has 0 aliphatic carbocycles. The van der Waals surface area contributed by atoms with E-state index >= 15 is 0 Å². The Bertz CT molecular complexity index is 190. The predicted octanol–water partition coefficient (Wildman–Crippen LogP) is -6.61. The van der Waals surface area contributed by atoms with Crippen molar-refractivity contribution in [1.82, 2.24) is 0 Å². The summed E-state index contributed by atoms with van der Waals surface area (Å²) in [6, 6.07) is 3.10. The van der Waals surface area contributed by atoms with Gasteiger partial charge >= 0.3 is 0 Å². The third kappa shape index (κ3) is 4.14. The van der Waals surface area contributed by atoms with Crippen molar-refractivity contribution < 1.29 is 39.9 Å². The number of nitrogens with one attached hydrogen (secondary N) is 1. The molecule has 0 saturated heterocycles. The Labute approximate surface area is 76.8 Å². The number of hydrogen-bond acceptors (Lipinski definition) is 0. The van der Waals surface area contributed by atoms with Crippen molar-refractivity contribution in [3.05, 3.63) is 29.8 Å². The van der Waals surface area contributed by atoms with Crippen LogP contribution in [0.2, 0.25) is 0 Å². The number of quaternary nitrogens is 1. The van der Waals surface area contributed by atoms with Crippen LogP contribution in [0, 0.1) is 5.82 Å². The van der Waals surface area contributed by atoms with Crippen LogP contribution in [0.3, 0.4) is 0 Å². The van der Waals surface area contributed by atoms with Gasteiger partial charge < -0.3 is 30.5 Å². The van der Waals surface area contributed by atoms with E-state index in [2.05, 4.69) is 10.7 Å². The van der Waals surface area contributed by atoms with Crippen molar-refractivity contribution in [1.29, 1.82) is 0 Å². The topological polar surface area (TPSA) is 41.8 Å². The van der Waals surface area contributed by atoms with Gasteiger partial charge in [-0.2, -0.15) is 0 Å². The third-order valence-electron chi connectivity index (χ3n) is 1.11. The summed E-state index contributed by atoms with van der Waals surface area (Å²) in [5, 5.41) is 0. The van der Waals surface area contributed by atoms with Crippen LogP contribution in [0.1, 0.15) is 5.69 Å². The lowest BCUT2D eigenvalue weighted by atomic mass is 10.3. The zero-order valence-electron chi connectivity index (χ0n) is 5.78. The zero-order valence-corrected chi connectivity index (χ0v) is 7.29. The van der Waals surface area contributed by atoms with Crippen LogP contribution in [0.5, 0.6) is 0 Å². The minimum absolute atomic E-state index is 0. The lowest BCUT2D eigenvalue weighted by Crippen LogP contribution is -3.00. The van der Waals surface area contributed by atoms with Crippen LogP contribution in [0.25, 0.3) is 0 Å². The largest absolute Gasteiger partial charge is 1.00 e. The van der Waals surface area contributed by atoms with Gasteiger partial charge in [-0.1, -0.05) is 0 Å². The SMILES string of the molecule is [Cl-].[Cl-].[NH3+]Cc1ccc(F)c[nH+]1. The van der Waals surface area contributed by atoms with Crippen molar-refractivity contribution in [2.45, 2.75) is 6.54 Å². The Hall–Kier alpha value is -0.380. The molecule has 1 heterocycles. The molecule has 0 aromatic carbocycles. The molecule has 0 atom stereocenters. The quantitative estimate of drug-likeness (QED) is 0.467. The maximum atomic E-state index is 12.2. The average molecular weight is 199 g/mol. The van der Waals surface area contributed by atoms with Gasteiger partial charge in [-0.15, -0.1) is 0 Å². The summed E-state index contributed by atoms with van der Waals surface area (Å²) in [6.45, 7) is 0.667. The Balaban J connectivity index is 0. The van der Waals surface area contributed by atoms with Crippen LogP contribution in [-0.4, -0.2) is 0 Å². The average Bonchev–Trinajstić information content (AvgIpc) is 1.90. The maximum Gasteiger partial charge on any atom is 0.234 e. The molecule has 0 spiro atoms. The van der Waals surface area contributed by atoms with Crippen LogP contribution < -0.4 is 35.5 Å². The first-order valence-electron chi connectivity index (χ1n) is 2.78. The summed E-state index contributed by atoms with van der Waals surface area (Å²) in [7, 11) is 0. The molecule has 1 aromatic rings. The summed E-state index contributed by atoms with van der Waals surface area (Å²) in [5.41, 5.74) is 4.57. The fourth-order valence-electron chi connectivity index (χ4n) is 0.594. The van der Waals surface area contributed by atoms with Crippen LogP contribution in [0.4, 0.5) is 4.39 Å². The summed E-state index contributed by atoms with van der Waals surface area (Å²) >= 11 is 0. The van der Waals surface area contributed by atoms with E-state index in [4.69, 9.17) is 0 Å². The van der Waals surface area contributed by atoms with E-state index in [1.165, 1.54) is 12.3 Å². The van der Waals surface area contributed by atoms with Gasteiger partial charge in [0.25, 0.3) is 0 Å². The van der Waals surface area contributed by atoms with Crippen molar-refractivity contribution in [3.8, 4) is 0 Å². The minimum atomic E-state index is -0.243. The highest BCUT2D eigenvalue weighted by Crippen LogP contribution is 1.90. The van der Waals surface area contributed by atoms with Gasteiger partial charge in [0.1, 0.15) is 0 Å². The standard InChI is InChI=1S/C6H7FN2.2ClH/c7-5-1-2-6(3-8)9-4-5;;/h1-2,4H,3,8H2;2*1H. The van der Waals surface area contributed by atoms with E-state index in [1.54, 1.807) is 6.07 Å². The number of H-pyrrole nitrogens is 1. The minimum Gasteiger partial charge on any atom is -1.00 e. The summed E-state index contributed by atoms with van der Waals surface area (Å²) in [6.07, 6.45) is 1.32. The molecule has 0 amide bonds. The molecule has 0 bridgehead atoms. The van der Waals surface area contributed by atoms with Crippen molar-refractivity contribution >= 4 is 0 Å². The van der Waals surface area contributed by atoms with E-state index in [1.807, 2.05) is 0 Å². The first kappa shape index (κ1) is 13.2. The molecule has 1 aromatic heterocycles.